The molecule has 20 heteroatoms. The molecule has 1 amide bonds. The number of amides is 1. The van der Waals surface area contributed by atoms with E-state index in [1.165, 1.54) is 24.3 Å². The molecule has 11 nitrogen and oxygen atoms in total. The number of ether oxygens (including phenoxy) is 4. The second-order valence-electron chi connectivity index (χ2n) is 13.3. The van der Waals surface area contributed by atoms with Gasteiger partial charge in [-0.25, -0.2) is 0 Å². The zero-order valence-corrected chi connectivity index (χ0v) is 28.4. The number of aromatic hydroxyl groups is 1. The second-order valence-corrected chi connectivity index (χ2v) is 13.3. The van der Waals surface area contributed by atoms with E-state index >= 15 is 0 Å². The van der Waals surface area contributed by atoms with Crippen LogP contribution in [0.1, 0.15) is 52.4 Å². The van der Waals surface area contributed by atoms with Crippen LogP contribution in [0.5, 0.6) is 28.7 Å². The van der Waals surface area contributed by atoms with Gasteiger partial charge in [0.2, 0.25) is 6.79 Å². The van der Waals surface area contributed by atoms with Gasteiger partial charge >= 0.3 is 29.9 Å². The van der Waals surface area contributed by atoms with Crippen molar-refractivity contribution in [3.8, 4) is 34.8 Å². The Balaban J connectivity index is 1.54. The lowest BCUT2D eigenvalue weighted by atomic mass is 9.71. The number of halogens is 9. The fourth-order valence-electron chi connectivity index (χ4n) is 8.13. The van der Waals surface area contributed by atoms with Crippen molar-refractivity contribution >= 4 is 11.9 Å². The normalized spacial score (nSPS) is 24.1. The summed E-state index contributed by atoms with van der Waals surface area (Å²) in [7, 11) is 3.00. The smallest absolute Gasteiger partial charge is 0.460 e. The van der Waals surface area contributed by atoms with Gasteiger partial charge in [0.1, 0.15) is 11.8 Å². The number of benzene rings is 2. The number of piperazine rings is 1. The van der Waals surface area contributed by atoms with Crippen molar-refractivity contribution in [1.29, 1.82) is 5.26 Å². The minimum atomic E-state index is -7.32. The average molecular weight is 767 g/mol. The quantitative estimate of drug-likeness (QED) is 0.225. The second kappa shape index (κ2) is 12.5. The molecule has 0 spiro atoms. The minimum absolute atomic E-state index is 0.00231. The molecule has 6 rings (SSSR count). The van der Waals surface area contributed by atoms with Crippen LogP contribution in [0.25, 0.3) is 0 Å². The monoisotopic (exact) mass is 766 g/mol. The van der Waals surface area contributed by atoms with Crippen LogP contribution in [0.15, 0.2) is 6.07 Å². The summed E-state index contributed by atoms with van der Waals surface area (Å²) in [6.45, 7) is 2.69. The number of nitriles is 1. The fourth-order valence-corrected chi connectivity index (χ4v) is 8.13. The van der Waals surface area contributed by atoms with Crippen LogP contribution in [0, 0.1) is 25.2 Å². The zero-order valence-electron chi connectivity index (χ0n) is 28.4. The van der Waals surface area contributed by atoms with Gasteiger partial charge in [-0.3, -0.25) is 19.4 Å². The number of methoxy groups -OCH3 is 1. The Kier molecular flexibility index (Phi) is 8.96. The number of phenolic OH excluding ortho intramolecular Hbond substituents is 1. The summed E-state index contributed by atoms with van der Waals surface area (Å²) >= 11 is 0. The maximum absolute atomic E-state index is 14.8. The molecular formula is C33H31F9N4O7. The van der Waals surface area contributed by atoms with Crippen molar-refractivity contribution in [1.82, 2.24) is 15.1 Å². The van der Waals surface area contributed by atoms with Gasteiger partial charge in [-0.05, 0) is 44.9 Å². The molecule has 2 aromatic rings. The van der Waals surface area contributed by atoms with Gasteiger partial charge in [-0.15, -0.1) is 0 Å². The van der Waals surface area contributed by atoms with Crippen molar-refractivity contribution in [3.05, 3.63) is 39.4 Å². The minimum Gasteiger partial charge on any atom is -0.504 e. The number of rotatable bonds is 7. The third-order valence-electron chi connectivity index (χ3n) is 10.4. The SMILES string of the molecule is COc1c(C)cc2c(c1O)[C@@H]1C3Cc4c(OC(C)=O)c(C)c5c(c4[C@H](CNC(=O)C(F)(F)C(F)(F)C(F)(F)C(F)(F)F)N3[C@@H](C#N)[C@H](C2)N1C)OCO5. The third kappa shape index (κ3) is 5.32. The van der Waals surface area contributed by atoms with Crippen LogP contribution in [0.4, 0.5) is 39.5 Å². The first-order valence-electron chi connectivity index (χ1n) is 15.9. The molecule has 2 bridgehead atoms. The molecule has 53 heavy (non-hydrogen) atoms. The lowest BCUT2D eigenvalue weighted by Crippen LogP contribution is -2.69. The number of nitrogens with zero attached hydrogens (tertiary/aromatic N) is 3. The highest BCUT2D eigenvalue weighted by Crippen LogP contribution is 2.59. The van der Waals surface area contributed by atoms with E-state index in [1.54, 1.807) is 24.9 Å². The van der Waals surface area contributed by atoms with Crippen LogP contribution in [-0.4, -0.2) is 96.3 Å². The average Bonchev–Trinajstić information content (AvgIpc) is 3.55. The van der Waals surface area contributed by atoms with E-state index in [0.717, 1.165) is 6.92 Å². The van der Waals surface area contributed by atoms with Gasteiger partial charge in [-0.1, -0.05) is 6.07 Å². The Morgan fingerprint density at radius 1 is 1.00 bits per heavy atom. The molecule has 288 valence electrons. The maximum atomic E-state index is 14.8. The summed E-state index contributed by atoms with van der Waals surface area (Å²) in [6.07, 6.45) is -7.13. The van der Waals surface area contributed by atoms with E-state index in [0.29, 0.717) is 16.7 Å². The number of fused-ring (bicyclic) bond motifs is 9. The molecule has 0 radical (unpaired) electrons. The number of nitrogens with one attached hydrogen (secondary N) is 1. The van der Waals surface area contributed by atoms with Crippen molar-refractivity contribution in [3.63, 3.8) is 0 Å². The molecule has 0 saturated carbocycles. The number of phenols is 1. The number of carbonyl (C=O) groups is 2. The van der Waals surface area contributed by atoms with E-state index in [9.17, 15) is 59.5 Å². The van der Waals surface area contributed by atoms with Crippen molar-refractivity contribution in [2.24, 2.45) is 0 Å². The maximum Gasteiger partial charge on any atom is 0.460 e. The first-order chi connectivity index (χ1) is 24.5. The molecule has 4 heterocycles. The van der Waals surface area contributed by atoms with Crippen molar-refractivity contribution in [2.45, 2.75) is 87.8 Å². The van der Waals surface area contributed by atoms with E-state index in [-0.39, 0.29) is 58.3 Å². The van der Waals surface area contributed by atoms with Gasteiger partial charge in [0, 0.05) is 47.8 Å². The Hall–Kier alpha value is -4.64. The van der Waals surface area contributed by atoms with Crippen molar-refractivity contribution < 1.29 is 73.2 Å². The molecule has 1 fully saturated rings. The van der Waals surface area contributed by atoms with Crippen LogP contribution in [0.3, 0.4) is 0 Å². The summed E-state index contributed by atoms with van der Waals surface area (Å²) in [4.78, 5) is 28.3. The predicted molar refractivity (Wildman–Crippen MR) is 161 cm³/mol. The Labute approximate surface area is 295 Å². The van der Waals surface area contributed by atoms with Crippen LogP contribution >= 0.6 is 0 Å². The lowest BCUT2D eigenvalue weighted by molar-refractivity contribution is -0.388. The van der Waals surface area contributed by atoms with Gasteiger partial charge in [0.05, 0.1) is 25.3 Å². The molecule has 0 aliphatic carbocycles. The van der Waals surface area contributed by atoms with Crippen LogP contribution in [0.2, 0.25) is 0 Å². The highest BCUT2D eigenvalue weighted by atomic mass is 19.4. The number of hydrogen-bond donors (Lipinski definition) is 2. The Morgan fingerprint density at radius 2 is 1.64 bits per heavy atom. The van der Waals surface area contributed by atoms with Crippen LogP contribution in [-0.2, 0) is 22.4 Å². The van der Waals surface area contributed by atoms with Gasteiger partial charge < -0.3 is 29.4 Å². The first-order valence-corrected chi connectivity index (χ1v) is 15.9. The first kappa shape index (κ1) is 38.1. The number of likely N-dealkylation sites (N-methyl/N-ethyl adjacent to an activating group) is 1. The fraction of sp³-hybridized carbons (Fsp3) is 0.545. The molecule has 0 aromatic heterocycles. The summed E-state index contributed by atoms with van der Waals surface area (Å²) in [6, 6.07) is -1.33. The van der Waals surface area contributed by atoms with Crippen LogP contribution < -0.4 is 24.3 Å². The molecule has 5 atom stereocenters. The van der Waals surface area contributed by atoms with E-state index in [2.05, 4.69) is 6.07 Å². The highest BCUT2D eigenvalue weighted by molar-refractivity contribution is 5.85. The highest BCUT2D eigenvalue weighted by Gasteiger charge is 2.83. The van der Waals surface area contributed by atoms with E-state index in [4.69, 9.17) is 18.9 Å². The molecule has 1 unspecified atom stereocenters. The van der Waals surface area contributed by atoms with Crippen molar-refractivity contribution in [2.75, 3.05) is 27.5 Å². The third-order valence-corrected chi connectivity index (χ3v) is 10.4. The molecule has 1 saturated heterocycles. The summed E-state index contributed by atoms with van der Waals surface area (Å²) < 4.78 is 147. The predicted octanol–water partition coefficient (Wildman–Crippen LogP) is 5.03. The Morgan fingerprint density at radius 3 is 2.23 bits per heavy atom. The Bertz CT molecular complexity index is 1930. The van der Waals surface area contributed by atoms with E-state index in [1.807, 2.05) is 0 Å². The summed E-state index contributed by atoms with van der Waals surface area (Å²) in [5.74, 6) is -25.4. The zero-order chi connectivity index (χ0) is 39.3. The number of aryl methyl sites for hydroxylation is 1. The molecule has 4 aliphatic heterocycles. The van der Waals surface area contributed by atoms with Gasteiger partial charge in [0.25, 0.3) is 5.91 Å². The molecule has 2 aromatic carbocycles. The van der Waals surface area contributed by atoms with Gasteiger partial charge in [-0.2, -0.15) is 44.8 Å². The molecule has 2 N–H and O–H groups in total. The molecule has 4 aliphatic rings. The van der Waals surface area contributed by atoms with E-state index < -0.39 is 79.4 Å². The van der Waals surface area contributed by atoms with Gasteiger partial charge in [0.15, 0.2) is 23.0 Å². The summed E-state index contributed by atoms with van der Waals surface area (Å²) in [5.41, 5.74) is 1.96. The standard InChI is InChI=1S/C33H31F9N4O7/c1-12-6-15-7-17-19(9-43)46-18(23(45(17)4)21(15)24(48)25(12)50-5)8-16-22(28-27(51-11-52-28)13(2)26(16)53-14(3)47)20(46)10-44-29(49)30(34,35)31(36,37)32(38,39)33(40,41)42/h6,17-20,23,48H,7-8,10-11H2,1-5H3,(H,44,49)/t17-,18?,19-,20-,23-/m0/s1. The lowest BCUT2D eigenvalue weighted by Gasteiger charge is -2.60. The molecular weight excluding hydrogens is 735 g/mol. The largest absolute Gasteiger partial charge is 0.504 e. The topological polar surface area (TPSA) is 134 Å². The number of alkyl halides is 9. The summed E-state index contributed by atoms with van der Waals surface area (Å²) in [5, 5.41) is 23.6. The number of esters is 1. The number of hydrogen-bond acceptors (Lipinski definition) is 10. The number of carbonyl (C=O) groups excluding carboxylic acids is 2.